The zero-order chi connectivity index (χ0) is 15.4. The molecule has 5 N–H and O–H groups in total. The summed E-state index contributed by atoms with van der Waals surface area (Å²) in [4.78, 5) is 24.7. The number of carbonyl (C=O) groups is 2. The zero-order valence-electron chi connectivity index (χ0n) is 11.3. The van der Waals surface area contributed by atoms with Gasteiger partial charge in [0, 0.05) is 4.88 Å². The van der Waals surface area contributed by atoms with Gasteiger partial charge in [0.2, 0.25) is 0 Å². The lowest BCUT2D eigenvalue weighted by molar-refractivity contribution is 0.0533. The number of amides is 1. The number of rotatable bonds is 6. The Morgan fingerprint density at radius 3 is 2.76 bits per heavy atom. The molecule has 2 rings (SSSR count). The van der Waals surface area contributed by atoms with Gasteiger partial charge in [0.25, 0.3) is 5.91 Å². The minimum atomic E-state index is -0.673. The Labute approximate surface area is 129 Å². The maximum Gasteiger partial charge on any atom is 0.350 e. The molecule has 0 bridgehead atoms. The number of hydrogen-bond acceptors (Lipinski definition) is 7. The number of carbonyl (C=O) groups excluding carboxylic acids is 2. The van der Waals surface area contributed by atoms with Crippen LogP contribution in [0.25, 0.3) is 0 Å². The molecule has 0 atom stereocenters. The monoisotopic (exact) mass is 325 g/mol. The highest BCUT2D eigenvalue weighted by molar-refractivity contribution is 7.19. The Bertz CT molecular complexity index is 650. The molecular weight excluding hydrogens is 310 g/mol. The molecule has 0 unspecified atom stereocenters. The van der Waals surface area contributed by atoms with Crippen LogP contribution in [0.2, 0.25) is 0 Å². The molecule has 21 heavy (non-hydrogen) atoms. The average Bonchev–Trinajstić information content (AvgIpc) is 3.03. The van der Waals surface area contributed by atoms with Crippen molar-refractivity contribution < 1.29 is 14.3 Å². The molecule has 2 heterocycles. The number of hydrogen-bond donors (Lipinski definition) is 3. The summed E-state index contributed by atoms with van der Waals surface area (Å²) in [5.41, 5.74) is 11.4. The fraction of sp³-hybridized carbons (Fsp3) is 0.231. The molecule has 0 saturated heterocycles. The predicted molar refractivity (Wildman–Crippen MR) is 84.9 cm³/mol. The number of nitrogens with two attached hydrogens (primary N) is 2. The Balaban J connectivity index is 2.28. The van der Waals surface area contributed by atoms with E-state index in [1.54, 1.807) is 18.3 Å². The summed E-state index contributed by atoms with van der Waals surface area (Å²) >= 11 is 2.66. The molecule has 2 aromatic heterocycles. The van der Waals surface area contributed by atoms with E-state index in [0.717, 1.165) is 16.2 Å². The summed E-state index contributed by atoms with van der Waals surface area (Å²) in [7, 11) is 0. The second-order valence-corrected chi connectivity index (χ2v) is 6.12. The molecule has 0 radical (unpaired) electrons. The minimum Gasteiger partial charge on any atom is -0.462 e. The molecule has 1 amide bonds. The first-order chi connectivity index (χ1) is 10.0. The maximum absolute atomic E-state index is 11.8. The first kappa shape index (κ1) is 15.3. The van der Waals surface area contributed by atoms with Gasteiger partial charge in [0.05, 0.1) is 24.4 Å². The van der Waals surface area contributed by atoms with Crippen molar-refractivity contribution in [1.29, 1.82) is 0 Å². The lowest BCUT2D eigenvalue weighted by Crippen LogP contribution is -2.15. The minimum absolute atomic E-state index is 0.0691. The molecule has 0 aliphatic carbocycles. The van der Waals surface area contributed by atoms with Crippen molar-refractivity contribution in [3.63, 3.8) is 0 Å². The van der Waals surface area contributed by atoms with Gasteiger partial charge >= 0.3 is 5.97 Å². The Hall–Kier alpha value is -2.06. The van der Waals surface area contributed by atoms with Crippen LogP contribution >= 0.6 is 22.7 Å². The molecule has 0 fully saturated rings. The van der Waals surface area contributed by atoms with Crippen LogP contribution in [0, 0.1) is 0 Å². The van der Waals surface area contributed by atoms with Crippen LogP contribution in [0.4, 0.5) is 10.7 Å². The summed E-state index contributed by atoms with van der Waals surface area (Å²) in [6.45, 7) is 2.47. The highest BCUT2D eigenvalue weighted by Gasteiger charge is 2.24. The van der Waals surface area contributed by atoms with E-state index in [1.165, 1.54) is 0 Å². The normalized spacial score (nSPS) is 10.3. The third-order valence-corrected chi connectivity index (χ3v) is 4.68. The second-order valence-electron chi connectivity index (χ2n) is 4.07. The molecule has 0 aliphatic heterocycles. The predicted octanol–water partition coefficient (Wildman–Crippen LogP) is 2.28. The van der Waals surface area contributed by atoms with Crippen molar-refractivity contribution >= 4 is 45.2 Å². The summed E-state index contributed by atoms with van der Waals surface area (Å²) in [6.07, 6.45) is 0. The molecule has 6 nitrogen and oxygen atoms in total. The summed E-state index contributed by atoms with van der Waals surface area (Å²) < 4.78 is 4.92. The molecule has 8 heteroatoms. The van der Waals surface area contributed by atoms with Gasteiger partial charge in [-0.3, -0.25) is 4.79 Å². The van der Waals surface area contributed by atoms with E-state index in [0.29, 0.717) is 11.5 Å². The van der Waals surface area contributed by atoms with Crippen molar-refractivity contribution in [3.8, 4) is 0 Å². The third kappa shape index (κ3) is 3.34. The number of primary amides is 1. The van der Waals surface area contributed by atoms with Gasteiger partial charge in [0.1, 0.15) is 9.88 Å². The number of ether oxygens (including phenoxy) is 1. The van der Waals surface area contributed by atoms with Gasteiger partial charge in [-0.05, 0) is 18.4 Å². The van der Waals surface area contributed by atoms with Crippen LogP contribution in [0.15, 0.2) is 17.5 Å². The topological polar surface area (TPSA) is 107 Å². The molecule has 112 valence electrons. The molecule has 0 saturated carbocycles. The molecule has 0 spiro atoms. The SMILES string of the molecule is CCOC(=O)c1sc(NCc2cccs2)c(C(N)=O)c1N. The lowest BCUT2D eigenvalue weighted by atomic mass is 10.2. The average molecular weight is 325 g/mol. The molecule has 0 aliphatic rings. The van der Waals surface area contributed by atoms with Gasteiger partial charge in [-0.15, -0.1) is 22.7 Å². The van der Waals surface area contributed by atoms with Crippen molar-refractivity contribution in [3.05, 3.63) is 32.8 Å². The number of anilines is 2. The van der Waals surface area contributed by atoms with Crippen molar-refractivity contribution in [1.82, 2.24) is 0 Å². The highest BCUT2D eigenvalue weighted by Crippen LogP contribution is 2.36. The first-order valence-corrected chi connectivity index (χ1v) is 7.89. The van der Waals surface area contributed by atoms with Crippen LogP contribution in [-0.4, -0.2) is 18.5 Å². The maximum atomic E-state index is 11.8. The third-order valence-electron chi connectivity index (χ3n) is 2.66. The van der Waals surface area contributed by atoms with E-state index < -0.39 is 11.9 Å². The smallest absolute Gasteiger partial charge is 0.350 e. The van der Waals surface area contributed by atoms with Crippen LogP contribution in [0.5, 0.6) is 0 Å². The molecular formula is C13H15N3O3S2. The summed E-state index contributed by atoms with van der Waals surface area (Å²) in [5, 5.41) is 5.54. The Kier molecular flexibility index (Phi) is 4.81. The van der Waals surface area contributed by atoms with E-state index >= 15 is 0 Å². The standard InChI is InChI=1S/C13H15N3O3S2/c1-2-19-13(18)10-9(14)8(11(15)17)12(21-10)16-6-7-4-3-5-20-7/h3-5,16H,2,6,14H2,1H3,(H2,15,17). The van der Waals surface area contributed by atoms with Crippen LogP contribution in [0.3, 0.4) is 0 Å². The Morgan fingerprint density at radius 2 is 2.19 bits per heavy atom. The van der Waals surface area contributed by atoms with Gasteiger partial charge in [0.15, 0.2) is 0 Å². The first-order valence-electron chi connectivity index (χ1n) is 6.20. The molecule has 2 aromatic rings. The van der Waals surface area contributed by atoms with E-state index in [9.17, 15) is 9.59 Å². The van der Waals surface area contributed by atoms with E-state index in [2.05, 4.69) is 5.32 Å². The van der Waals surface area contributed by atoms with Crippen LogP contribution < -0.4 is 16.8 Å². The lowest BCUT2D eigenvalue weighted by Gasteiger charge is -2.04. The summed E-state index contributed by atoms with van der Waals surface area (Å²) in [5.74, 6) is -1.22. The highest BCUT2D eigenvalue weighted by atomic mass is 32.1. The molecule has 0 aromatic carbocycles. The summed E-state index contributed by atoms with van der Waals surface area (Å²) in [6, 6.07) is 3.90. The Morgan fingerprint density at radius 1 is 1.43 bits per heavy atom. The van der Waals surface area contributed by atoms with Gasteiger partial charge in [-0.25, -0.2) is 4.79 Å². The quantitative estimate of drug-likeness (QED) is 0.706. The number of esters is 1. The second kappa shape index (κ2) is 6.59. The zero-order valence-corrected chi connectivity index (χ0v) is 13.0. The van der Waals surface area contributed by atoms with Crippen molar-refractivity contribution in [2.24, 2.45) is 5.73 Å². The van der Waals surface area contributed by atoms with Gasteiger partial charge in [-0.1, -0.05) is 6.07 Å². The van der Waals surface area contributed by atoms with Crippen LogP contribution in [0.1, 0.15) is 31.8 Å². The van der Waals surface area contributed by atoms with Crippen molar-refractivity contribution in [2.45, 2.75) is 13.5 Å². The number of nitrogens with one attached hydrogen (secondary N) is 1. The van der Waals surface area contributed by atoms with Crippen LogP contribution in [-0.2, 0) is 11.3 Å². The van der Waals surface area contributed by atoms with Gasteiger partial charge in [-0.2, -0.15) is 0 Å². The fourth-order valence-electron chi connectivity index (χ4n) is 1.74. The van der Waals surface area contributed by atoms with E-state index in [1.807, 2.05) is 17.5 Å². The largest absolute Gasteiger partial charge is 0.462 e. The van der Waals surface area contributed by atoms with Crippen molar-refractivity contribution in [2.75, 3.05) is 17.7 Å². The van der Waals surface area contributed by atoms with Gasteiger partial charge < -0.3 is 21.5 Å². The fourth-order valence-corrected chi connectivity index (χ4v) is 3.40. The van der Waals surface area contributed by atoms with E-state index in [4.69, 9.17) is 16.2 Å². The number of thiophene rings is 2. The van der Waals surface area contributed by atoms with E-state index in [-0.39, 0.29) is 22.7 Å². The number of nitrogen functional groups attached to an aromatic ring is 1.